The van der Waals surface area contributed by atoms with Crippen LogP contribution in [0.4, 0.5) is 5.69 Å². The summed E-state index contributed by atoms with van der Waals surface area (Å²) in [6.07, 6.45) is 1.36. The normalized spacial score (nSPS) is 12.0. The van der Waals surface area contributed by atoms with Crippen LogP contribution < -0.4 is 9.62 Å². The van der Waals surface area contributed by atoms with Gasteiger partial charge < -0.3 is 10.2 Å². The van der Waals surface area contributed by atoms with E-state index in [1.165, 1.54) is 9.21 Å². The molecule has 38 heavy (non-hydrogen) atoms. The van der Waals surface area contributed by atoms with Gasteiger partial charge in [-0.3, -0.25) is 13.9 Å². The number of nitrogens with one attached hydrogen (secondary N) is 1. The lowest BCUT2D eigenvalue weighted by Gasteiger charge is -2.32. The van der Waals surface area contributed by atoms with Crippen molar-refractivity contribution in [3.05, 3.63) is 95.6 Å². The molecular formula is C30H37N3O4S. The minimum atomic E-state index is -4.08. The molecule has 0 fully saturated rings. The maximum Gasteiger partial charge on any atom is 0.264 e. The van der Waals surface area contributed by atoms with E-state index in [-0.39, 0.29) is 17.3 Å². The van der Waals surface area contributed by atoms with Crippen LogP contribution in [0.1, 0.15) is 43.9 Å². The van der Waals surface area contributed by atoms with Gasteiger partial charge in [0, 0.05) is 13.1 Å². The quantitative estimate of drug-likeness (QED) is 0.364. The van der Waals surface area contributed by atoms with Crippen LogP contribution in [0, 0.1) is 6.92 Å². The number of anilines is 1. The van der Waals surface area contributed by atoms with Crippen molar-refractivity contribution >= 4 is 27.5 Å². The number of hydrogen-bond acceptors (Lipinski definition) is 4. The van der Waals surface area contributed by atoms with Crippen molar-refractivity contribution in [3.8, 4) is 0 Å². The van der Waals surface area contributed by atoms with Gasteiger partial charge in [0.15, 0.2) is 0 Å². The molecule has 0 spiro atoms. The number of para-hydroxylation sites is 1. The van der Waals surface area contributed by atoms with Crippen molar-refractivity contribution in [2.24, 2.45) is 0 Å². The third kappa shape index (κ3) is 7.01. The molecule has 3 aromatic rings. The molecular weight excluding hydrogens is 498 g/mol. The molecule has 0 bridgehead atoms. The maximum absolute atomic E-state index is 13.9. The lowest BCUT2D eigenvalue weighted by molar-refractivity contribution is -0.139. The Kier molecular flexibility index (Phi) is 10.1. The van der Waals surface area contributed by atoms with E-state index in [1.54, 1.807) is 43.3 Å². The van der Waals surface area contributed by atoms with E-state index >= 15 is 0 Å². The Balaban J connectivity index is 2.04. The van der Waals surface area contributed by atoms with E-state index in [1.807, 2.05) is 63.2 Å². The molecule has 202 valence electrons. The van der Waals surface area contributed by atoms with E-state index in [2.05, 4.69) is 5.32 Å². The van der Waals surface area contributed by atoms with Crippen LogP contribution in [0.15, 0.2) is 83.8 Å². The summed E-state index contributed by atoms with van der Waals surface area (Å²) in [4.78, 5) is 28.4. The van der Waals surface area contributed by atoms with Crippen molar-refractivity contribution in [1.29, 1.82) is 0 Å². The monoisotopic (exact) mass is 535 g/mol. The van der Waals surface area contributed by atoms with Crippen LogP contribution in [-0.4, -0.2) is 44.3 Å². The molecule has 0 aliphatic carbocycles. The first-order valence-corrected chi connectivity index (χ1v) is 14.4. The molecule has 0 aliphatic heterocycles. The number of hydrogen-bond donors (Lipinski definition) is 1. The summed E-state index contributed by atoms with van der Waals surface area (Å²) in [5.74, 6) is -0.743. The number of rotatable bonds is 12. The zero-order valence-corrected chi connectivity index (χ0v) is 23.4. The molecule has 0 saturated heterocycles. The smallest absolute Gasteiger partial charge is 0.264 e. The number of aryl methyl sites for hydroxylation is 2. The predicted molar refractivity (Wildman–Crippen MR) is 151 cm³/mol. The minimum absolute atomic E-state index is 0.102. The second-order valence-corrected chi connectivity index (χ2v) is 11.1. The van der Waals surface area contributed by atoms with Gasteiger partial charge in [-0.2, -0.15) is 0 Å². The van der Waals surface area contributed by atoms with Crippen LogP contribution >= 0.6 is 0 Å². The highest BCUT2D eigenvalue weighted by molar-refractivity contribution is 7.92. The van der Waals surface area contributed by atoms with Crippen molar-refractivity contribution in [3.63, 3.8) is 0 Å². The summed E-state index contributed by atoms with van der Waals surface area (Å²) < 4.78 is 29.1. The Morgan fingerprint density at radius 1 is 0.895 bits per heavy atom. The first-order valence-electron chi connectivity index (χ1n) is 13.0. The van der Waals surface area contributed by atoms with Crippen LogP contribution in [-0.2, 0) is 32.6 Å². The molecule has 3 rings (SSSR count). The third-order valence-corrected chi connectivity index (χ3v) is 8.22. The van der Waals surface area contributed by atoms with Crippen LogP contribution in [0.5, 0.6) is 0 Å². The Hall–Kier alpha value is -3.65. The number of sulfonamides is 1. The number of amides is 2. The Bertz CT molecular complexity index is 1330. The predicted octanol–water partition coefficient (Wildman–Crippen LogP) is 4.70. The molecule has 0 saturated carbocycles. The molecule has 0 aliphatic rings. The number of carbonyl (C=O) groups is 2. The molecule has 3 aromatic carbocycles. The molecule has 1 N–H and O–H groups in total. The number of benzene rings is 3. The maximum atomic E-state index is 13.9. The van der Waals surface area contributed by atoms with Crippen LogP contribution in [0.25, 0.3) is 0 Å². The largest absolute Gasteiger partial charge is 0.354 e. The van der Waals surface area contributed by atoms with E-state index in [4.69, 9.17) is 0 Å². The van der Waals surface area contributed by atoms with Gasteiger partial charge in [-0.25, -0.2) is 8.42 Å². The summed E-state index contributed by atoms with van der Waals surface area (Å²) in [7, 11) is -4.08. The molecule has 8 heteroatoms. The second-order valence-electron chi connectivity index (χ2n) is 9.28. The SMILES string of the molecule is CCCNC(=O)C(C)N(Cc1ccccc1)C(=O)CN(c1ccccc1CC)S(=O)(=O)c1ccc(C)cc1. The Morgan fingerprint density at radius 2 is 1.53 bits per heavy atom. The number of nitrogens with zero attached hydrogens (tertiary/aromatic N) is 2. The molecule has 7 nitrogen and oxygen atoms in total. The summed E-state index contributed by atoms with van der Waals surface area (Å²) in [5, 5.41) is 2.85. The van der Waals surface area contributed by atoms with E-state index < -0.39 is 28.5 Å². The van der Waals surface area contributed by atoms with Crippen molar-refractivity contribution in [2.45, 2.75) is 58.0 Å². The van der Waals surface area contributed by atoms with Crippen molar-refractivity contribution in [1.82, 2.24) is 10.2 Å². The van der Waals surface area contributed by atoms with E-state index in [0.717, 1.165) is 23.1 Å². The van der Waals surface area contributed by atoms with Gasteiger partial charge in [0.1, 0.15) is 12.6 Å². The van der Waals surface area contributed by atoms with Gasteiger partial charge in [-0.15, -0.1) is 0 Å². The first-order chi connectivity index (χ1) is 18.2. The Morgan fingerprint density at radius 3 is 2.16 bits per heavy atom. The summed E-state index contributed by atoms with van der Waals surface area (Å²) in [6, 6.07) is 22.4. The summed E-state index contributed by atoms with van der Waals surface area (Å²) >= 11 is 0. The lowest BCUT2D eigenvalue weighted by Crippen LogP contribution is -2.51. The lowest BCUT2D eigenvalue weighted by atomic mass is 10.1. The zero-order chi connectivity index (χ0) is 27.7. The van der Waals surface area contributed by atoms with Crippen molar-refractivity contribution in [2.75, 3.05) is 17.4 Å². The Labute approximate surface area is 226 Å². The molecule has 0 heterocycles. The van der Waals surface area contributed by atoms with E-state index in [9.17, 15) is 18.0 Å². The molecule has 2 amide bonds. The van der Waals surface area contributed by atoms with Crippen LogP contribution in [0.3, 0.4) is 0 Å². The van der Waals surface area contributed by atoms with Gasteiger partial charge >= 0.3 is 0 Å². The molecule has 0 aromatic heterocycles. The standard InChI is InChI=1S/C30H37N3O4S/c1-5-20-31-30(35)24(4)32(21-25-12-8-7-9-13-25)29(34)22-33(28-15-11-10-14-26(28)6-2)38(36,37)27-18-16-23(3)17-19-27/h7-19,24H,5-6,20-22H2,1-4H3,(H,31,35). The zero-order valence-electron chi connectivity index (χ0n) is 22.6. The highest BCUT2D eigenvalue weighted by atomic mass is 32.2. The van der Waals surface area contributed by atoms with Gasteiger partial charge in [0.25, 0.3) is 10.0 Å². The highest BCUT2D eigenvalue weighted by Gasteiger charge is 2.33. The first kappa shape index (κ1) is 28.9. The third-order valence-electron chi connectivity index (χ3n) is 6.44. The molecule has 1 atom stereocenters. The topological polar surface area (TPSA) is 86.8 Å². The fraction of sp³-hybridized carbons (Fsp3) is 0.333. The minimum Gasteiger partial charge on any atom is -0.354 e. The average molecular weight is 536 g/mol. The van der Waals surface area contributed by atoms with Gasteiger partial charge in [0.05, 0.1) is 10.6 Å². The number of carbonyl (C=O) groups excluding carboxylic acids is 2. The van der Waals surface area contributed by atoms with Gasteiger partial charge in [-0.05, 0) is 56.0 Å². The summed E-state index contributed by atoms with van der Waals surface area (Å²) in [6.45, 7) is 7.69. The van der Waals surface area contributed by atoms with Gasteiger partial charge in [-0.1, -0.05) is 80.1 Å². The summed E-state index contributed by atoms with van der Waals surface area (Å²) in [5.41, 5.74) is 3.03. The molecule has 1 unspecified atom stereocenters. The second kappa shape index (κ2) is 13.2. The fourth-order valence-corrected chi connectivity index (χ4v) is 5.61. The highest BCUT2D eigenvalue weighted by Crippen LogP contribution is 2.28. The fourth-order valence-electron chi connectivity index (χ4n) is 4.16. The molecule has 0 radical (unpaired) electrons. The van der Waals surface area contributed by atoms with Crippen molar-refractivity contribution < 1.29 is 18.0 Å². The van der Waals surface area contributed by atoms with E-state index in [0.29, 0.717) is 18.7 Å². The van der Waals surface area contributed by atoms with Crippen LogP contribution in [0.2, 0.25) is 0 Å². The average Bonchev–Trinajstić information content (AvgIpc) is 2.93. The van der Waals surface area contributed by atoms with Gasteiger partial charge in [0.2, 0.25) is 11.8 Å².